The van der Waals surface area contributed by atoms with Gasteiger partial charge in [0.15, 0.2) is 0 Å². The SMILES string of the molecule is COC(=O)c1ccc(C)c(N(C)S(=O)(=O)c2ccc(NC(C)=O)cc2)c1. The highest BCUT2D eigenvalue weighted by molar-refractivity contribution is 7.92. The largest absolute Gasteiger partial charge is 0.465 e. The van der Waals surface area contributed by atoms with Crippen LogP contribution >= 0.6 is 0 Å². The molecule has 0 aliphatic carbocycles. The number of hydrogen-bond donors (Lipinski definition) is 1. The molecule has 2 aromatic rings. The van der Waals surface area contributed by atoms with Crippen LogP contribution in [0.25, 0.3) is 0 Å². The molecule has 26 heavy (non-hydrogen) atoms. The van der Waals surface area contributed by atoms with Crippen molar-refractivity contribution in [2.24, 2.45) is 0 Å². The zero-order chi connectivity index (χ0) is 19.5. The summed E-state index contributed by atoms with van der Waals surface area (Å²) < 4.78 is 31.6. The number of anilines is 2. The van der Waals surface area contributed by atoms with Gasteiger partial charge in [-0.1, -0.05) is 6.07 Å². The van der Waals surface area contributed by atoms with Gasteiger partial charge in [0.25, 0.3) is 10.0 Å². The summed E-state index contributed by atoms with van der Waals surface area (Å²) in [5, 5.41) is 2.58. The Kier molecular flexibility index (Phi) is 5.66. The Morgan fingerprint density at radius 1 is 1.08 bits per heavy atom. The second-order valence-corrected chi connectivity index (χ2v) is 7.64. The number of carbonyl (C=O) groups excluding carboxylic acids is 2. The van der Waals surface area contributed by atoms with Crippen molar-refractivity contribution in [3.05, 3.63) is 53.6 Å². The molecule has 2 rings (SSSR count). The van der Waals surface area contributed by atoms with Crippen LogP contribution in [0.4, 0.5) is 11.4 Å². The summed E-state index contributed by atoms with van der Waals surface area (Å²) in [5.41, 5.74) is 1.83. The van der Waals surface area contributed by atoms with Crippen LogP contribution in [-0.2, 0) is 19.6 Å². The fraction of sp³-hybridized carbons (Fsp3) is 0.222. The average molecular weight is 376 g/mol. The number of amides is 1. The molecule has 0 heterocycles. The number of carbonyl (C=O) groups is 2. The molecule has 0 fully saturated rings. The fourth-order valence-electron chi connectivity index (χ4n) is 2.39. The first-order valence-corrected chi connectivity index (χ1v) is 9.16. The summed E-state index contributed by atoms with van der Waals surface area (Å²) in [6, 6.07) is 10.6. The summed E-state index contributed by atoms with van der Waals surface area (Å²) in [7, 11) is -1.16. The van der Waals surface area contributed by atoms with E-state index in [1.807, 2.05) is 0 Å². The molecule has 1 N–H and O–H groups in total. The minimum atomic E-state index is -3.84. The van der Waals surface area contributed by atoms with Crippen LogP contribution in [0.5, 0.6) is 0 Å². The van der Waals surface area contributed by atoms with E-state index < -0.39 is 16.0 Å². The Morgan fingerprint density at radius 3 is 2.23 bits per heavy atom. The van der Waals surface area contributed by atoms with E-state index in [0.29, 0.717) is 16.9 Å². The monoisotopic (exact) mass is 376 g/mol. The quantitative estimate of drug-likeness (QED) is 0.810. The van der Waals surface area contributed by atoms with Gasteiger partial charge in [0.05, 0.1) is 23.3 Å². The molecule has 1 amide bonds. The van der Waals surface area contributed by atoms with E-state index in [0.717, 1.165) is 4.31 Å². The third-order valence-electron chi connectivity index (χ3n) is 3.80. The van der Waals surface area contributed by atoms with Gasteiger partial charge in [-0.25, -0.2) is 13.2 Å². The van der Waals surface area contributed by atoms with Crippen LogP contribution in [0.1, 0.15) is 22.8 Å². The third-order valence-corrected chi connectivity index (χ3v) is 5.59. The molecule has 0 saturated heterocycles. The van der Waals surface area contributed by atoms with E-state index in [1.54, 1.807) is 19.1 Å². The standard InChI is InChI=1S/C18H20N2O5S/c1-12-5-6-14(18(22)25-4)11-17(12)20(3)26(23,24)16-9-7-15(8-10-16)19-13(2)21/h5-11H,1-4H3,(H,19,21). The second-order valence-electron chi connectivity index (χ2n) is 5.67. The van der Waals surface area contributed by atoms with E-state index in [1.165, 1.54) is 51.4 Å². The number of benzene rings is 2. The van der Waals surface area contributed by atoms with Crippen molar-refractivity contribution >= 4 is 33.3 Å². The zero-order valence-corrected chi connectivity index (χ0v) is 15.8. The van der Waals surface area contributed by atoms with E-state index in [2.05, 4.69) is 10.1 Å². The number of ether oxygens (including phenoxy) is 1. The number of nitrogens with zero attached hydrogens (tertiary/aromatic N) is 1. The summed E-state index contributed by atoms with van der Waals surface area (Å²) in [6.45, 7) is 3.12. The predicted molar refractivity (Wildman–Crippen MR) is 98.9 cm³/mol. The van der Waals surface area contributed by atoms with Crippen molar-refractivity contribution in [3.63, 3.8) is 0 Å². The number of nitrogens with one attached hydrogen (secondary N) is 1. The maximum Gasteiger partial charge on any atom is 0.337 e. The molecule has 138 valence electrons. The summed E-state index contributed by atoms with van der Waals surface area (Å²) >= 11 is 0. The Hall–Kier alpha value is -2.87. The highest BCUT2D eigenvalue weighted by atomic mass is 32.2. The van der Waals surface area contributed by atoms with Gasteiger partial charge in [-0.3, -0.25) is 9.10 Å². The summed E-state index contributed by atoms with van der Waals surface area (Å²) in [4.78, 5) is 22.8. The van der Waals surface area contributed by atoms with Gasteiger partial charge in [-0.05, 0) is 48.9 Å². The molecule has 0 unspecified atom stereocenters. The van der Waals surface area contributed by atoms with E-state index in [9.17, 15) is 18.0 Å². The van der Waals surface area contributed by atoms with Crippen molar-refractivity contribution in [1.29, 1.82) is 0 Å². The van der Waals surface area contributed by atoms with E-state index >= 15 is 0 Å². The highest BCUT2D eigenvalue weighted by Gasteiger charge is 2.23. The lowest BCUT2D eigenvalue weighted by atomic mass is 10.1. The summed E-state index contributed by atoms with van der Waals surface area (Å²) in [5.74, 6) is -0.787. The van der Waals surface area contributed by atoms with Gasteiger partial charge in [0, 0.05) is 19.7 Å². The maximum absolute atomic E-state index is 12.9. The van der Waals surface area contributed by atoms with Gasteiger partial charge < -0.3 is 10.1 Å². The normalized spacial score (nSPS) is 10.9. The molecule has 0 spiro atoms. The molecular formula is C18H20N2O5S. The molecule has 0 atom stereocenters. The molecule has 0 aliphatic heterocycles. The van der Waals surface area contributed by atoms with Crippen molar-refractivity contribution in [2.75, 3.05) is 23.8 Å². The Labute approximate surface area is 152 Å². The van der Waals surface area contributed by atoms with Crippen LogP contribution in [0.15, 0.2) is 47.4 Å². The molecule has 2 aromatic carbocycles. The number of esters is 1. The third kappa shape index (κ3) is 4.02. The van der Waals surface area contributed by atoms with Crippen molar-refractivity contribution in [3.8, 4) is 0 Å². The first-order valence-electron chi connectivity index (χ1n) is 7.72. The van der Waals surface area contributed by atoms with Crippen LogP contribution in [0.2, 0.25) is 0 Å². The first kappa shape index (κ1) is 19.5. The molecule has 0 aliphatic rings. The van der Waals surface area contributed by atoms with Crippen LogP contribution in [-0.4, -0.2) is 34.5 Å². The van der Waals surface area contributed by atoms with Crippen LogP contribution in [0, 0.1) is 6.92 Å². The lowest BCUT2D eigenvalue weighted by Gasteiger charge is -2.22. The summed E-state index contributed by atoms with van der Waals surface area (Å²) in [6.07, 6.45) is 0. The smallest absolute Gasteiger partial charge is 0.337 e. The van der Waals surface area contributed by atoms with Gasteiger partial charge in [0.1, 0.15) is 0 Å². The predicted octanol–water partition coefficient (Wildman–Crippen LogP) is 2.57. The van der Waals surface area contributed by atoms with Gasteiger partial charge in [0.2, 0.25) is 5.91 Å². The Balaban J connectivity index is 2.40. The number of methoxy groups -OCH3 is 1. The molecule has 8 heteroatoms. The maximum atomic E-state index is 12.9. The molecule has 0 radical (unpaired) electrons. The Bertz CT molecular complexity index is 937. The Morgan fingerprint density at radius 2 is 1.69 bits per heavy atom. The number of aryl methyl sites for hydroxylation is 1. The molecular weight excluding hydrogens is 356 g/mol. The molecule has 0 aromatic heterocycles. The second kappa shape index (κ2) is 7.57. The minimum absolute atomic E-state index is 0.0666. The van der Waals surface area contributed by atoms with Gasteiger partial charge in [-0.2, -0.15) is 0 Å². The fourth-order valence-corrected chi connectivity index (χ4v) is 3.65. The molecule has 0 saturated carbocycles. The van der Waals surface area contributed by atoms with Gasteiger partial charge >= 0.3 is 5.97 Å². The van der Waals surface area contributed by atoms with Crippen molar-refractivity contribution < 1.29 is 22.7 Å². The highest BCUT2D eigenvalue weighted by Crippen LogP contribution is 2.27. The molecule has 7 nitrogen and oxygen atoms in total. The number of sulfonamides is 1. The van der Waals surface area contributed by atoms with Crippen LogP contribution < -0.4 is 9.62 Å². The van der Waals surface area contributed by atoms with Crippen molar-refractivity contribution in [2.45, 2.75) is 18.7 Å². The van der Waals surface area contributed by atoms with Crippen molar-refractivity contribution in [1.82, 2.24) is 0 Å². The van der Waals surface area contributed by atoms with Gasteiger partial charge in [-0.15, -0.1) is 0 Å². The number of hydrogen-bond acceptors (Lipinski definition) is 5. The minimum Gasteiger partial charge on any atom is -0.465 e. The lowest BCUT2D eigenvalue weighted by molar-refractivity contribution is -0.114. The van der Waals surface area contributed by atoms with Crippen LogP contribution in [0.3, 0.4) is 0 Å². The zero-order valence-electron chi connectivity index (χ0n) is 14.9. The lowest BCUT2D eigenvalue weighted by Crippen LogP contribution is -2.27. The molecule has 0 bridgehead atoms. The first-order chi connectivity index (χ1) is 12.2. The van der Waals surface area contributed by atoms with E-state index in [4.69, 9.17) is 0 Å². The number of rotatable bonds is 5. The van der Waals surface area contributed by atoms with E-state index in [-0.39, 0.29) is 16.4 Å². The average Bonchev–Trinajstić information content (AvgIpc) is 2.60. The topological polar surface area (TPSA) is 92.8 Å².